The third kappa shape index (κ3) is 4.66. The highest BCUT2D eigenvalue weighted by atomic mass is 16.5. The molecule has 0 saturated carbocycles. The van der Waals surface area contributed by atoms with Gasteiger partial charge in [-0.25, -0.2) is 15.2 Å². The number of hydrogen-bond acceptors (Lipinski definition) is 4. The summed E-state index contributed by atoms with van der Waals surface area (Å²) < 4.78 is 5.14. The van der Waals surface area contributed by atoms with Gasteiger partial charge in [0.1, 0.15) is 5.75 Å². The van der Waals surface area contributed by atoms with Crippen molar-refractivity contribution in [3.8, 4) is 5.75 Å². The van der Waals surface area contributed by atoms with Gasteiger partial charge in [-0.2, -0.15) is 0 Å². The number of urea groups is 1. The van der Waals surface area contributed by atoms with Crippen molar-refractivity contribution in [1.82, 2.24) is 10.7 Å². The second kappa shape index (κ2) is 9.09. The van der Waals surface area contributed by atoms with Crippen LogP contribution in [-0.2, 0) is 9.59 Å². The van der Waals surface area contributed by atoms with E-state index in [2.05, 4.69) is 16.1 Å². The predicted octanol–water partition coefficient (Wildman–Crippen LogP) is 2.78. The van der Waals surface area contributed by atoms with Crippen LogP contribution in [-0.4, -0.2) is 31.5 Å². The normalized spacial score (nSPS) is 14.9. The molecule has 4 amide bonds. The number of ether oxygens (including phenoxy) is 1. The van der Waals surface area contributed by atoms with Gasteiger partial charge in [0.15, 0.2) is 0 Å². The van der Waals surface area contributed by atoms with E-state index in [0.717, 1.165) is 6.42 Å². The van der Waals surface area contributed by atoms with Gasteiger partial charge in [0.05, 0.1) is 18.7 Å². The third-order valence-corrected chi connectivity index (χ3v) is 4.57. The number of carbonyl (C=O) groups is 3. The van der Waals surface area contributed by atoms with E-state index in [1.807, 2.05) is 13.0 Å². The Morgan fingerprint density at radius 3 is 2.69 bits per heavy atom. The molecule has 2 aromatic carbocycles. The van der Waals surface area contributed by atoms with Gasteiger partial charge < -0.3 is 15.4 Å². The number of amides is 4. The Labute approximate surface area is 169 Å². The van der Waals surface area contributed by atoms with Gasteiger partial charge >= 0.3 is 6.03 Å². The van der Waals surface area contributed by atoms with Crippen LogP contribution in [0.5, 0.6) is 5.75 Å². The van der Waals surface area contributed by atoms with E-state index in [-0.39, 0.29) is 18.2 Å². The fourth-order valence-corrected chi connectivity index (χ4v) is 3.19. The van der Waals surface area contributed by atoms with Gasteiger partial charge in [0.25, 0.3) is 5.91 Å². The number of nitrogens with one attached hydrogen (secondary N) is 3. The van der Waals surface area contributed by atoms with Gasteiger partial charge in [-0.15, -0.1) is 0 Å². The highest BCUT2D eigenvalue weighted by molar-refractivity contribution is 6.08. The van der Waals surface area contributed by atoms with Crippen LogP contribution >= 0.6 is 0 Å². The Balaban J connectivity index is 1.72. The number of hydrogen-bond donors (Lipinski definition) is 3. The second-order valence-electron chi connectivity index (χ2n) is 6.64. The number of anilines is 2. The van der Waals surface area contributed by atoms with Crippen molar-refractivity contribution >= 4 is 29.2 Å². The molecule has 2 aromatic rings. The molecule has 8 heteroatoms. The largest absolute Gasteiger partial charge is 0.497 e. The molecule has 0 bridgehead atoms. The highest BCUT2D eigenvalue weighted by Gasteiger charge is 2.39. The summed E-state index contributed by atoms with van der Waals surface area (Å²) in [6.45, 7) is 2.52. The molecule has 8 nitrogen and oxygen atoms in total. The summed E-state index contributed by atoms with van der Waals surface area (Å²) in [5.74, 6) is -0.579. The zero-order valence-electron chi connectivity index (χ0n) is 16.4. The minimum atomic E-state index is -0.639. The molecule has 1 atom stereocenters. The van der Waals surface area contributed by atoms with Crippen LogP contribution in [0.3, 0.4) is 0 Å². The first-order valence-corrected chi connectivity index (χ1v) is 9.44. The summed E-state index contributed by atoms with van der Waals surface area (Å²) in [5, 5.41) is 6.66. The fourth-order valence-electron chi connectivity index (χ4n) is 3.19. The Hall–Kier alpha value is -3.55. The molecule has 0 aliphatic carbocycles. The first kappa shape index (κ1) is 20.2. The van der Waals surface area contributed by atoms with Crippen molar-refractivity contribution in [1.29, 1.82) is 0 Å². The second-order valence-corrected chi connectivity index (χ2v) is 6.64. The summed E-state index contributed by atoms with van der Waals surface area (Å²) in [4.78, 5) is 37.6. The molecule has 0 radical (unpaired) electrons. The van der Waals surface area contributed by atoms with Crippen molar-refractivity contribution in [2.75, 3.05) is 24.0 Å². The maximum Gasteiger partial charge on any atom is 0.338 e. The summed E-state index contributed by atoms with van der Waals surface area (Å²) in [7, 11) is 1.54. The van der Waals surface area contributed by atoms with Crippen molar-refractivity contribution in [3.05, 3.63) is 54.1 Å². The van der Waals surface area contributed by atoms with Crippen LogP contribution in [0.15, 0.2) is 48.5 Å². The molecule has 0 spiro atoms. The molecule has 29 heavy (non-hydrogen) atoms. The SMILES string of the molecule is CCCNC(=O)CC1C(=O)N(NC(=O)Nc2cccc(OC)c2)c2ccccc21. The van der Waals surface area contributed by atoms with Crippen molar-refractivity contribution in [2.24, 2.45) is 0 Å². The van der Waals surface area contributed by atoms with E-state index in [0.29, 0.717) is 29.2 Å². The van der Waals surface area contributed by atoms with E-state index in [4.69, 9.17) is 4.74 Å². The van der Waals surface area contributed by atoms with Crippen LogP contribution in [0.1, 0.15) is 31.2 Å². The molecular formula is C21H24N4O4. The minimum Gasteiger partial charge on any atom is -0.497 e. The number of rotatable bonds is 7. The molecule has 1 aliphatic rings. The van der Waals surface area contributed by atoms with Crippen molar-refractivity contribution in [3.63, 3.8) is 0 Å². The molecule has 1 unspecified atom stereocenters. The fraction of sp³-hybridized carbons (Fsp3) is 0.286. The maximum absolute atomic E-state index is 12.9. The average Bonchev–Trinajstić information content (AvgIpc) is 2.98. The topological polar surface area (TPSA) is 99.8 Å². The van der Waals surface area contributed by atoms with Gasteiger partial charge in [-0.1, -0.05) is 31.2 Å². The molecule has 0 saturated heterocycles. The minimum absolute atomic E-state index is 0.0333. The lowest BCUT2D eigenvalue weighted by molar-refractivity contribution is -0.126. The van der Waals surface area contributed by atoms with Gasteiger partial charge in [0, 0.05) is 24.7 Å². The highest BCUT2D eigenvalue weighted by Crippen LogP contribution is 2.37. The zero-order valence-corrected chi connectivity index (χ0v) is 16.4. The van der Waals surface area contributed by atoms with E-state index in [1.54, 1.807) is 42.5 Å². The van der Waals surface area contributed by atoms with Crippen molar-refractivity contribution < 1.29 is 19.1 Å². The van der Waals surface area contributed by atoms with Crippen LogP contribution in [0, 0.1) is 0 Å². The van der Waals surface area contributed by atoms with Crippen molar-refractivity contribution in [2.45, 2.75) is 25.7 Å². The van der Waals surface area contributed by atoms with Gasteiger partial charge in [-0.05, 0) is 30.2 Å². The quantitative estimate of drug-likeness (QED) is 0.670. The molecule has 3 rings (SSSR count). The van der Waals surface area contributed by atoms with Crippen LogP contribution in [0.4, 0.5) is 16.2 Å². The van der Waals surface area contributed by atoms with E-state index in [9.17, 15) is 14.4 Å². The summed E-state index contributed by atoms with van der Waals surface area (Å²) in [5.41, 5.74) is 4.38. The number of fused-ring (bicyclic) bond motifs is 1. The lowest BCUT2D eigenvalue weighted by atomic mass is 9.97. The number of methoxy groups -OCH3 is 1. The molecule has 0 aromatic heterocycles. The van der Waals surface area contributed by atoms with Gasteiger partial charge in [0.2, 0.25) is 5.91 Å². The Kier molecular flexibility index (Phi) is 6.33. The number of hydrazine groups is 1. The standard InChI is InChI=1S/C21H24N4O4/c1-3-11-22-19(26)13-17-16-9-4-5-10-18(16)25(20(17)27)24-21(28)23-14-7-6-8-15(12-14)29-2/h4-10,12,17H,3,11,13H2,1-2H3,(H,22,26)(H2,23,24,28). The summed E-state index contributed by atoms with van der Waals surface area (Å²) in [6, 6.07) is 13.4. The van der Waals surface area contributed by atoms with E-state index >= 15 is 0 Å². The molecule has 152 valence electrons. The first-order valence-electron chi connectivity index (χ1n) is 9.44. The molecule has 0 fully saturated rings. The number of nitrogens with zero attached hydrogens (tertiary/aromatic N) is 1. The Morgan fingerprint density at radius 2 is 1.93 bits per heavy atom. The number of carbonyl (C=O) groups excluding carboxylic acids is 3. The number of benzene rings is 2. The monoisotopic (exact) mass is 396 g/mol. The lowest BCUT2D eigenvalue weighted by Crippen LogP contribution is -2.47. The molecular weight excluding hydrogens is 372 g/mol. The molecule has 1 aliphatic heterocycles. The molecule has 1 heterocycles. The van der Waals surface area contributed by atoms with Gasteiger partial charge in [-0.3, -0.25) is 9.59 Å². The maximum atomic E-state index is 12.9. The van der Waals surface area contributed by atoms with Crippen LogP contribution < -0.4 is 25.8 Å². The van der Waals surface area contributed by atoms with Crippen LogP contribution in [0.2, 0.25) is 0 Å². The predicted molar refractivity (Wildman–Crippen MR) is 110 cm³/mol. The average molecular weight is 396 g/mol. The number of para-hydroxylation sites is 1. The summed E-state index contributed by atoms with van der Waals surface area (Å²) >= 11 is 0. The zero-order chi connectivity index (χ0) is 20.8. The smallest absolute Gasteiger partial charge is 0.338 e. The summed E-state index contributed by atoms with van der Waals surface area (Å²) in [6.07, 6.45) is 0.852. The third-order valence-electron chi connectivity index (χ3n) is 4.57. The van der Waals surface area contributed by atoms with E-state index in [1.165, 1.54) is 12.1 Å². The molecule has 3 N–H and O–H groups in total. The van der Waals surface area contributed by atoms with E-state index < -0.39 is 11.9 Å². The first-order chi connectivity index (χ1) is 14.0. The van der Waals surface area contributed by atoms with Crippen LogP contribution in [0.25, 0.3) is 0 Å². The Morgan fingerprint density at radius 1 is 1.14 bits per heavy atom. The lowest BCUT2D eigenvalue weighted by Gasteiger charge is -2.19. The Bertz CT molecular complexity index is 915.